The number of alkyl halides is 3. The molecule has 0 N–H and O–H groups in total. The van der Waals surface area contributed by atoms with Crippen LogP contribution in [0.4, 0.5) is 13.2 Å². The zero-order valence-corrected chi connectivity index (χ0v) is 16.5. The van der Waals surface area contributed by atoms with Gasteiger partial charge in [-0.1, -0.05) is 25.1 Å². The molecule has 6 nitrogen and oxygen atoms in total. The number of hydrogen-bond acceptors (Lipinski definition) is 4. The first-order valence-corrected chi connectivity index (χ1v) is 9.88. The van der Waals surface area contributed by atoms with Gasteiger partial charge in [-0.05, 0) is 24.1 Å². The third-order valence-electron chi connectivity index (χ3n) is 6.14. The van der Waals surface area contributed by atoms with Crippen molar-refractivity contribution in [3.63, 3.8) is 0 Å². The number of aryl methyl sites for hydroxylation is 1. The number of nitrogens with zero attached hydrogens (tertiary/aromatic N) is 5. The molecule has 0 saturated carbocycles. The lowest BCUT2D eigenvalue weighted by Gasteiger charge is -2.34. The van der Waals surface area contributed by atoms with Gasteiger partial charge in [-0.2, -0.15) is 13.2 Å². The van der Waals surface area contributed by atoms with Gasteiger partial charge >= 0.3 is 6.18 Å². The lowest BCUT2D eigenvalue weighted by Crippen LogP contribution is -2.43. The van der Waals surface area contributed by atoms with Crippen molar-refractivity contribution in [3.8, 4) is 11.5 Å². The highest BCUT2D eigenvalue weighted by Gasteiger charge is 2.54. The number of fused-ring (bicyclic) bond motifs is 2. The molecule has 1 aliphatic heterocycles. The predicted octanol–water partition coefficient (Wildman–Crippen LogP) is 3.30. The van der Waals surface area contributed by atoms with Gasteiger partial charge in [-0.3, -0.25) is 9.78 Å². The second kappa shape index (κ2) is 6.52. The Bertz CT molecular complexity index is 1080. The summed E-state index contributed by atoms with van der Waals surface area (Å²) in [4.78, 5) is 19.1. The molecule has 0 saturated heterocycles. The van der Waals surface area contributed by atoms with Crippen LogP contribution in [0.1, 0.15) is 18.3 Å². The molecule has 1 amide bonds. The maximum Gasteiger partial charge on any atom is 0.396 e. The van der Waals surface area contributed by atoms with Gasteiger partial charge in [0.1, 0.15) is 5.69 Å². The van der Waals surface area contributed by atoms with E-state index in [1.807, 2.05) is 23.6 Å². The molecule has 2 aliphatic carbocycles. The Labute approximate surface area is 171 Å². The average Bonchev–Trinajstić information content (AvgIpc) is 3.34. The fourth-order valence-electron chi connectivity index (χ4n) is 4.47. The third-order valence-corrected chi connectivity index (χ3v) is 6.14. The fourth-order valence-corrected chi connectivity index (χ4v) is 4.47. The molecule has 3 unspecified atom stereocenters. The van der Waals surface area contributed by atoms with E-state index < -0.39 is 18.0 Å². The minimum Gasteiger partial charge on any atom is -0.330 e. The van der Waals surface area contributed by atoms with Gasteiger partial charge < -0.3 is 9.47 Å². The van der Waals surface area contributed by atoms with Gasteiger partial charge in [-0.15, -0.1) is 10.2 Å². The SMILES string of the molecule is Cc1ccc(-c2nnc3n2CCN(C(=O)C2=CC4C=C4C(C(F)(F)F)C2C)C3)nc1. The molecular weight excluding hydrogens is 395 g/mol. The highest BCUT2D eigenvalue weighted by molar-refractivity contribution is 5.95. The maximum absolute atomic E-state index is 13.5. The molecule has 3 aliphatic rings. The van der Waals surface area contributed by atoms with E-state index in [1.165, 1.54) is 6.92 Å². The second-order valence-electron chi connectivity index (χ2n) is 8.16. The van der Waals surface area contributed by atoms with E-state index in [0.29, 0.717) is 36.0 Å². The Morgan fingerprint density at radius 1 is 1.17 bits per heavy atom. The fraction of sp³-hybridized carbons (Fsp3) is 0.429. The lowest BCUT2D eigenvalue weighted by atomic mass is 9.78. The lowest BCUT2D eigenvalue weighted by molar-refractivity contribution is -0.173. The van der Waals surface area contributed by atoms with Gasteiger partial charge in [0.15, 0.2) is 11.6 Å². The van der Waals surface area contributed by atoms with Gasteiger partial charge in [-0.25, -0.2) is 0 Å². The Morgan fingerprint density at radius 3 is 2.67 bits per heavy atom. The van der Waals surface area contributed by atoms with Crippen LogP contribution < -0.4 is 0 Å². The molecule has 0 spiro atoms. The van der Waals surface area contributed by atoms with Crippen molar-refractivity contribution in [1.29, 1.82) is 0 Å². The summed E-state index contributed by atoms with van der Waals surface area (Å²) >= 11 is 0. The summed E-state index contributed by atoms with van der Waals surface area (Å²) in [7, 11) is 0. The summed E-state index contributed by atoms with van der Waals surface area (Å²) in [6, 6.07) is 3.81. The normalized spacial score (nSPS) is 25.2. The molecule has 30 heavy (non-hydrogen) atoms. The van der Waals surface area contributed by atoms with E-state index in [0.717, 1.165) is 5.56 Å². The first-order chi connectivity index (χ1) is 14.2. The van der Waals surface area contributed by atoms with Gasteiger partial charge in [0.25, 0.3) is 0 Å². The van der Waals surface area contributed by atoms with E-state index in [1.54, 1.807) is 23.2 Å². The number of hydrogen-bond donors (Lipinski definition) is 0. The quantitative estimate of drug-likeness (QED) is 0.706. The largest absolute Gasteiger partial charge is 0.396 e. The summed E-state index contributed by atoms with van der Waals surface area (Å²) in [6.45, 7) is 4.50. The Hall–Kier alpha value is -2.97. The first kappa shape index (κ1) is 19.0. The topological polar surface area (TPSA) is 63.9 Å². The summed E-state index contributed by atoms with van der Waals surface area (Å²) in [6.07, 6.45) is 0.690. The van der Waals surface area contributed by atoms with Crippen LogP contribution in [0.15, 0.2) is 41.6 Å². The van der Waals surface area contributed by atoms with Crippen molar-refractivity contribution in [3.05, 3.63) is 53.0 Å². The van der Waals surface area contributed by atoms with E-state index in [4.69, 9.17) is 0 Å². The molecule has 3 atom stereocenters. The van der Waals surface area contributed by atoms with Crippen LogP contribution in [-0.2, 0) is 17.9 Å². The van der Waals surface area contributed by atoms with Crippen LogP contribution >= 0.6 is 0 Å². The molecule has 5 rings (SSSR count). The Morgan fingerprint density at radius 2 is 1.97 bits per heavy atom. The number of allylic oxidation sites excluding steroid dienone is 3. The van der Waals surface area contributed by atoms with Crippen LogP contribution in [-0.4, -0.2) is 43.3 Å². The Balaban J connectivity index is 1.37. The summed E-state index contributed by atoms with van der Waals surface area (Å²) in [5.74, 6) is -1.91. The second-order valence-corrected chi connectivity index (χ2v) is 8.16. The molecule has 0 aromatic carbocycles. The summed E-state index contributed by atoms with van der Waals surface area (Å²) in [5, 5.41) is 8.42. The minimum atomic E-state index is -4.35. The van der Waals surface area contributed by atoms with Crippen molar-refractivity contribution in [2.45, 2.75) is 33.1 Å². The van der Waals surface area contributed by atoms with E-state index >= 15 is 0 Å². The van der Waals surface area contributed by atoms with Crippen molar-refractivity contribution in [2.24, 2.45) is 17.8 Å². The van der Waals surface area contributed by atoms with Gasteiger partial charge in [0.2, 0.25) is 5.91 Å². The molecule has 2 aromatic rings. The van der Waals surface area contributed by atoms with Crippen LogP contribution in [0.25, 0.3) is 11.5 Å². The molecule has 3 heterocycles. The number of halogens is 3. The highest BCUT2D eigenvalue weighted by Crippen LogP contribution is 2.53. The van der Waals surface area contributed by atoms with Gasteiger partial charge in [0.05, 0.1) is 12.5 Å². The van der Waals surface area contributed by atoms with Crippen molar-refractivity contribution in [2.75, 3.05) is 6.54 Å². The number of carbonyl (C=O) groups is 1. The van der Waals surface area contributed by atoms with Crippen molar-refractivity contribution in [1.82, 2.24) is 24.6 Å². The van der Waals surface area contributed by atoms with E-state index in [2.05, 4.69) is 15.2 Å². The first-order valence-electron chi connectivity index (χ1n) is 9.88. The number of amides is 1. The van der Waals surface area contributed by atoms with Crippen LogP contribution in [0, 0.1) is 24.7 Å². The molecule has 156 valence electrons. The number of rotatable bonds is 2. The highest BCUT2D eigenvalue weighted by atomic mass is 19.4. The molecule has 0 radical (unpaired) electrons. The molecular formula is C21H20F3N5O. The summed E-state index contributed by atoms with van der Waals surface area (Å²) < 4.78 is 42.5. The third kappa shape index (κ3) is 3.03. The van der Waals surface area contributed by atoms with Crippen LogP contribution in [0.5, 0.6) is 0 Å². The Kier molecular flexibility index (Phi) is 4.13. The average molecular weight is 415 g/mol. The van der Waals surface area contributed by atoms with E-state index in [9.17, 15) is 18.0 Å². The predicted molar refractivity (Wildman–Crippen MR) is 102 cm³/mol. The molecule has 2 aromatic heterocycles. The van der Waals surface area contributed by atoms with Crippen LogP contribution in [0.3, 0.4) is 0 Å². The number of pyridine rings is 1. The maximum atomic E-state index is 13.5. The zero-order valence-electron chi connectivity index (χ0n) is 16.5. The molecule has 0 bridgehead atoms. The van der Waals surface area contributed by atoms with Gasteiger partial charge in [0, 0.05) is 36.7 Å². The minimum absolute atomic E-state index is 0.212. The van der Waals surface area contributed by atoms with Crippen molar-refractivity contribution >= 4 is 5.91 Å². The van der Waals surface area contributed by atoms with Crippen LogP contribution in [0.2, 0.25) is 0 Å². The monoisotopic (exact) mass is 415 g/mol. The molecule has 9 heteroatoms. The summed E-state index contributed by atoms with van der Waals surface area (Å²) in [5.41, 5.74) is 2.37. The van der Waals surface area contributed by atoms with E-state index in [-0.39, 0.29) is 23.9 Å². The zero-order chi connectivity index (χ0) is 21.2. The smallest absolute Gasteiger partial charge is 0.330 e. The number of carbonyl (C=O) groups excluding carboxylic acids is 1. The molecule has 0 fully saturated rings. The standard InChI is InChI=1S/C21H20F3N5O/c1-11-3-4-16(25-9-11)19-27-26-17-10-28(5-6-29(17)19)20(30)14-7-13-8-15(13)18(12(14)2)21(22,23)24/h3-4,7-9,12-13,18H,5-6,10H2,1-2H3. The van der Waals surface area contributed by atoms with Crippen molar-refractivity contribution < 1.29 is 18.0 Å². The number of aromatic nitrogens is 4.